The number of hydrogen-bond donors (Lipinski definition) is 0. The number of aryl methyl sites for hydroxylation is 2. The number of carbonyl (C=O) groups is 1. The number of thioether (sulfide) groups is 1. The van der Waals surface area contributed by atoms with E-state index in [1.807, 2.05) is 11.8 Å². The van der Waals surface area contributed by atoms with E-state index >= 15 is 0 Å². The smallest absolute Gasteiger partial charge is 0.306 e. The van der Waals surface area contributed by atoms with Gasteiger partial charge in [-0.25, -0.2) is 0 Å². The van der Waals surface area contributed by atoms with Crippen LogP contribution in [0.25, 0.3) is 0 Å². The standard InChI is InChI=1S/C29H40O3S/c1-8-29(9-2,23-11-10-22(20(3)16-23)19-33-28(5,6)7)24-12-14-26(21(4)17-24)31-18-25-13-15-27(30)32-25/h10-12,14,16-17,25H,8-9,13,15,18-19H2,1-7H3. The topological polar surface area (TPSA) is 35.5 Å². The number of hydrogen-bond acceptors (Lipinski definition) is 4. The molecule has 180 valence electrons. The predicted molar refractivity (Wildman–Crippen MR) is 139 cm³/mol. The van der Waals surface area contributed by atoms with Crippen molar-refractivity contribution in [2.75, 3.05) is 6.61 Å². The third kappa shape index (κ3) is 6.15. The highest BCUT2D eigenvalue weighted by atomic mass is 32.2. The lowest BCUT2D eigenvalue weighted by atomic mass is 9.70. The molecule has 3 nitrogen and oxygen atoms in total. The Morgan fingerprint density at radius 1 is 1.00 bits per heavy atom. The molecule has 1 fully saturated rings. The minimum absolute atomic E-state index is 0.0231. The van der Waals surface area contributed by atoms with E-state index in [9.17, 15) is 4.79 Å². The van der Waals surface area contributed by atoms with Crippen LogP contribution in [0.4, 0.5) is 0 Å². The Kier molecular flexibility index (Phi) is 8.21. The van der Waals surface area contributed by atoms with Crippen LogP contribution in [0.2, 0.25) is 0 Å². The fourth-order valence-corrected chi connectivity index (χ4v) is 5.59. The highest BCUT2D eigenvalue weighted by molar-refractivity contribution is 7.99. The summed E-state index contributed by atoms with van der Waals surface area (Å²) in [6, 6.07) is 13.7. The maximum atomic E-state index is 11.3. The maximum Gasteiger partial charge on any atom is 0.306 e. The Labute approximate surface area is 204 Å². The Bertz CT molecular complexity index is 969. The van der Waals surface area contributed by atoms with Crippen LogP contribution in [0.3, 0.4) is 0 Å². The van der Waals surface area contributed by atoms with Crippen LogP contribution < -0.4 is 4.74 Å². The molecule has 1 saturated heterocycles. The lowest BCUT2D eigenvalue weighted by Crippen LogP contribution is -2.26. The van der Waals surface area contributed by atoms with Gasteiger partial charge in [0, 0.05) is 22.3 Å². The van der Waals surface area contributed by atoms with Crippen LogP contribution >= 0.6 is 11.8 Å². The minimum Gasteiger partial charge on any atom is -0.489 e. The van der Waals surface area contributed by atoms with Crippen LogP contribution in [0, 0.1) is 13.8 Å². The third-order valence-corrected chi connectivity index (χ3v) is 8.21. The van der Waals surface area contributed by atoms with Gasteiger partial charge in [0.1, 0.15) is 18.5 Å². The third-order valence-electron chi connectivity index (χ3n) is 6.88. The first-order valence-corrected chi connectivity index (χ1v) is 13.2. The van der Waals surface area contributed by atoms with Gasteiger partial charge in [-0.1, -0.05) is 65.0 Å². The first kappa shape index (κ1) is 25.7. The second kappa shape index (κ2) is 10.5. The molecule has 0 aliphatic carbocycles. The number of carbonyl (C=O) groups excluding carboxylic acids is 1. The quantitative estimate of drug-likeness (QED) is 0.356. The minimum atomic E-state index is -0.125. The van der Waals surface area contributed by atoms with Gasteiger partial charge >= 0.3 is 5.97 Å². The van der Waals surface area contributed by atoms with E-state index in [0.717, 1.165) is 36.3 Å². The van der Waals surface area contributed by atoms with E-state index in [0.29, 0.717) is 13.0 Å². The molecule has 1 aliphatic heterocycles. The zero-order chi connectivity index (χ0) is 24.2. The van der Waals surface area contributed by atoms with Gasteiger partial charge in [-0.05, 0) is 67.0 Å². The molecule has 3 rings (SSSR count). The van der Waals surface area contributed by atoms with E-state index in [-0.39, 0.29) is 22.2 Å². The van der Waals surface area contributed by atoms with Crippen molar-refractivity contribution in [2.24, 2.45) is 0 Å². The van der Waals surface area contributed by atoms with Crippen molar-refractivity contribution < 1.29 is 14.3 Å². The maximum absolute atomic E-state index is 11.3. The summed E-state index contributed by atoms with van der Waals surface area (Å²) in [7, 11) is 0. The Hall–Kier alpha value is -1.94. The second-order valence-corrected chi connectivity index (χ2v) is 12.1. The van der Waals surface area contributed by atoms with Crippen LogP contribution in [-0.4, -0.2) is 23.4 Å². The van der Waals surface area contributed by atoms with E-state index in [1.54, 1.807) is 0 Å². The predicted octanol–water partition coefficient (Wildman–Crippen LogP) is 7.53. The molecule has 1 unspecified atom stereocenters. The molecule has 0 radical (unpaired) electrons. The molecule has 0 amide bonds. The van der Waals surface area contributed by atoms with Gasteiger partial charge in [0.25, 0.3) is 0 Å². The molecular weight excluding hydrogens is 428 g/mol. The van der Waals surface area contributed by atoms with Crippen molar-refractivity contribution in [3.05, 3.63) is 64.2 Å². The first-order chi connectivity index (χ1) is 15.6. The van der Waals surface area contributed by atoms with E-state index in [1.165, 1.54) is 22.3 Å². The van der Waals surface area contributed by atoms with Crippen molar-refractivity contribution in [3.8, 4) is 5.75 Å². The zero-order valence-electron chi connectivity index (χ0n) is 21.4. The van der Waals surface area contributed by atoms with E-state index < -0.39 is 0 Å². The average Bonchev–Trinajstić information content (AvgIpc) is 3.18. The SMILES string of the molecule is CCC(CC)(c1ccc(CSC(C)(C)C)c(C)c1)c1ccc(OCC2CCC(=O)O2)c(C)c1. The number of benzene rings is 2. The van der Waals surface area contributed by atoms with E-state index in [2.05, 4.69) is 84.9 Å². The van der Waals surface area contributed by atoms with Gasteiger partial charge in [0.05, 0.1) is 0 Å². The van der Waals surface area contributed by atoms with Crippen molar-refractivity contribution in [3.63, 3.8) is 0 Å². The summed E-state index contributed by atoms with van der Waals surface area (Å²) < 4.78 is 11.6. The van der Waals surface area contributed by atoms with Crippen LogP contribution in [0.15, 0.2) is 36.4 Å². The summed E-state index contributed by atoms with van der Waals surface area (Å²) in [5.74, 6) is 1.79. The Balaban J connectivity index is 1.82. The second-order valence-electron chi connectivity index (χ2n) is 10.3. The van der Waals surface area contributed by atoms with Gasteiger partial charge in [0.2, 0.25) is 0 Å². The summed E-state index contributed by atoms with van der Waals surface area (Å²) in [5, 5.41) is 0. The molecule has 0 bridgehead atoms. The number of cyclic esters (lactones) is 1. The molecule has 0 aromatic heterocycles. The van der Waals surface area contributed by atoms with Crippen LogP contribution in [0.1, 0.15) is 88.1 Å². The fraction of sp³-hybridized carbons (Fsp3) is 0.552. The molecule has 4 heteroatoms. The summed E-state index contributed by atoms with van der Waals surface area (Å²) in [4.78, 5) is 11.3. The van der Waals surface area contributed by atoms with Crippen molar-refractivity contribution in [2.45, 2.75) is 96.2 Å². The molecule has 0 N–H and O–H groups in total. The van der Waals surface area contributed by atoms with Crippen molar-refractivity contribution in [1.29, 1.82) is 0 Å². The zero-order valence-corrected chi connectivity index (χ0v) is 22.2. The van der Waals surface area contributed by atoms with Gasteiger partial charge in [-0.2, -0.15) is 11.8 Å². The molecular formula is C29H40O3S. The Morgan fingerprint density at radius 2 is 1.64 bits per heavy atom. The monoisotopic (exact) mass is 468 g/mol. The highest BCUT2D eigenvalue weighted by Gasteiger charge is 2.32. The van der Waals surface area contributed by atoms with Crippen molar-refractivity contribution >= 4 is 17.7 Å². The molecule has 0 spiro atoms. The lowest BCUT2D eigenvalue weighted by molar-refractivity contribution is -0.142. The fourth-order valence-electron chi connectivity index (χ4n) is 4.67. The molecule has 1 aliphatic rings. The molecule has 2 aromatic rings. The molecule has 33 heavy (non-hydrogen) atoms. The van der Waals surface area contributed by atoms with E-state index in [4.69, 9.17) is 9.47 Å². The summed E-state index contributed by atoms with van der Waals surface area (Å²) in [6.45, 7) is 16.2. The van der Waals surface area contributed by atoms with Crippen LogP contribution in [-0.2, 0) is 20.7 Å². The normalized spacial score (nSPS) is 16.7. The molecule has 1 atom stereocenters. The largest absolute Gasteiger partial charge is 0.489 e. The summed E-state index contributed by atoms with van der Waals surface area (Å²) >= 11 is 2.00. The summed E-state index contributed by atoms with van der Waals surface area (Å²) in [5.41, 5.74) is 6.62. The van der Waals surface area contributed by atoms with Crippen molar-refractivity contribution in [1.82, 2.24) is 0 Å². The average molecular weight is 469 g/mol. The van der Waals surface area contributed by atoms with Gasteiger partial charge in [-0.3, -0.25) is 4.79 Å². The summed E-state index contributed by atoms with van der Waals surface area (Å²) in [6.07, 6.45) is 3.19. The molecule has 2 aromatic carbocycles. The number of rotatable bonds is 9. The molecule has 0 saturated carbocycles. The highest BCUT2D eigenvalue weighted by Crippen LogP contribution is 2.41. The van der Waals surface area contributed by atoms with Crippen LogP contribution in [0.5, 0.6) is 5.75 Å². The van der Waals surface area contributed by atoms with Gasteiger partial charge < -0.3 is 9.47 Å². The van der Waals surface area contributed by atoms with Gasteiger partial charge in [-0.15, -0.1) is 0 Å². The first-order valence-electron chi connectivity index (χ1n) is 12.3. The number of esters is 1. The van der Waals surface area contributed by atoms with Gasteiger partial charge in [0.15, 0.2) is 0 Å². The lowest BCUT2D eigenvalue weighted by Gasteiger charge is -2.34. The Morgan fingerprint density at radius 3 is 2.15 bits per heavy atom. The molecule has 1 heterocycles. The number of ether oxygens (including phenoxy) is 2.